The summed E-state index contributed by atoms with van der Waals surface area (Å²) < 4.78 is 0. The van der Waals surface area contributed by atoms with E-state index in [0.717, 1.165) is 32.5 Å². The van der Waals surface area contributed by atoms with Crippen LogP contribution in [0.1, 0.15) is 52.0 Å². The third-order valence-electron chi connectivity index (χ3n) is 5.72. The molecule has 1 atom stereocenters. The summed E-state index contributed by atoms with van der Waals surface area (Å²) in [6, 6.07) is 17.8. The van der Waals surface area contributed by atoms with Gasteiger partial charge in [-0.05, 0) is 55.8 Å². The van der Waals surface area contributed by atoms with Crippen molar-refractivity contribution in [2.75, 3.05) is 19.6 Å². The lowest BCUT2D eigenvalue weighted by Gasteiger charge is -2.33. The Kier molecular flexibility index (Phi) is 5.35. The van der Waals surface area contributed by atoms with Crippen LogP contribution in [0.2, 0.25) is 0 Å². The van der Waals surface area contributed by atoms with Gasteiger partial charge < -0.3 is 0 Å². The molecule has 0 N–H and O–H groups in total. The number of hydrogen-bond acceptors (Lipinski definition) is 3. The summed E-state index contributed by atoms with van der Waals surface area (Å²) in [5.74, 6) is 0.382. The van der Waals surface area contributed by atoms with Crippen LogP contribution in [0.3, 0.4) is 0 Å². The zero-order chi connectivity index (χ0) is 18.6. The molecule has 4 heteroatoms. The van der Waals surface area contributed by atoms with Gasteiger partial charge in [0, 0.05) is 19.6 Å². The maximum atomic E-state index is 12.4. The number of rotatable bonds is 6. The van der Waals surface area contributed by atoms with Gasteiger partial charge in [-0.3, -0.25) is 19.4 Å². The van der Waals surface area contributed by atoms with Crippen molar-refractivity contribution in [3.05, 3.63) is 71.3 Å². The summed E-state index contributed by atoms with van der Waals surface area (Å²) in [5.41, 5.74) is 2.47. The van der Waals surface area contributed by atoms with Gasteiger partial charge in [-0.25, -0.2) is 0 Å². The second-order valence-corrected chi connectivity index (χ2v) is 7.68. The lowest BCUT2D eigenvalue weighted by Crippen LogP contribution is -2.36. The molecular formula is C23H26N2O2. The average molecular weight is 362 g/mol. The van der Waals surface area contributed by atoms with Gasteiger partial charge in [0.2, 0.25) is 0 Å². The number of hydrogen-bond donors (Lipinski definition) is 0. The Balaban J connectivity index is 1.27. The van der Waals surface area contributed by atoms with Gasteiger partial charge in [-0.15, -0.1) is 0 Å². The molecule has 0 saturated carbocycles. The molecule has 2 aromatic carbocycles. The van der Waals surface area contributed by atoms with E-state index in [1.54, 1.807) is 12.1 Å². The first-order chi connectivity index (χ1) is 13.2. The molecule has 1 fully saturated rings. The maximum absolute atomic E-state index is 12.4. The fraction of sp³-hybridized carbons (Fsp3) is 0.391. The fourth-order valence-corrected chi connectivity index (χ4v) is 4.35. The average Bonchev–Trinajstić information content (AvgIpc) is 2.94. The summed E-state index contributed by atoms with van der Waals surface area (Å²) in [4.78, 5) is 28.8. The van der Waals surface area contributed by atoms with Crippen molar-refractivity contribution in [3.8, 4) is 0 Å². The van der Waals surface area contributed by atoms with Crippen molar-refractivity contribution >= 4 is 11.8 Å². The van der Waals surface area contributed by atoms with E-state index in [2.05, 4.69) is 35.2 Å². The Bertz CT molecular complexity index is 783. The highest BCUT2D eigenvalue weighted by molar-refractivity contribution is 6.21. The van der Waals surface area contributed by atoms with E-state index in [1.165, 1.54) is 23.3 Å². The van der Waals surface area contributed by atoms with E-state index in [-0.39, 0.29) is 11.8 Å². The van der Waals surface area contributed by atoms with E-state index >= 15 is 0 Å². The van der Waals surface area contributed by atoms with Gasteiger partial charge in [0.15, 0.2) is 0 Å². The molecule has 27 heavy (non-hydrogen) atoms. The van der Waals surface area contributed by atoms with Crippen LogP contribution in [0, 0.1) is 5.92 Å². The predicted molar refractivity (Wildman–Crippen MR) is 105 cm³/mol. The van der Waals surface area contributed by atoms with Gasteiger partial charge in [-0.1, -0.05) is 42.5 Å². The lowest BCUT2D eigenvalue weighted by molar-refractivity contribution is 0.0646. The minimum Gasteiger partial charge on any atom is -0.299 e. The monoisotopic (exact) mass is 362 g/mol. The molecule has 2 amide bonds. The summed E-state index contributed by atoms with van der Waals surface area (Å²) >= 11 is 0. The van der Waals surface area contributed by atoms with E-state index in [0.29, 0.717) is 23.6 Å². The van der Waals surface area contributed by atoms with Crippen LogP contribution in [0.4, 0.5) is 0 Å². The van der Waals surface area contributed by atoms with Crippen molar-refractivity contribution in [2.24, 2.45) is 5.92 Å². The first-order valence-electron chi connectivity index (χ1n) is 9.94. The van der Waals surface area contributed by atoms with Crippen molar-refractivity contribution in [1.82, 2.24) is 9.80 Å². The quantitative estimate of drug-likeness (QED) is 0.730. The number of carbonyl (C=O) groups is 2. The van der Waals surface area contributed by atoms with Crippen LogP contribution < -0.4 is 0 Å². The van der Waals surface area contributed by atoms with Crippen molar-refractivity contribution in [1.29, 1.82) is 0 Å². The molecule has 0 spiro atoms. The van der Waals surface area contributed by atoms with Gasteiger partial charge in [0.05, 0.1) is 11.1 Å². The first kappa shape index (κ1) is 17.9. The Morgan fingerprint density at radius 1 is 0.889 bits per heavy atom. The van der Waals surface area contributed by atoms with Crippen LogP contribution in [0.25, 0.3) is 0 Å². The van der Waals surface area contributed by atoms with Crippen LogP contribution in [-0.4, -0.2) is 41.2 Å². The summed E-state index contributed by atoms with van der Waals surface area (Å²) in [5, 5.41) is 0. The molecule has 140 valence electrons. The Labute approximate surface area is 160 Å². The summed E-state index contributed by atoms with van der Waals surface area (Å²) in [6.45, 7) is 3.80. The molecule has 0 radical (unpaired) electrons. The lowest BCUT2D eigenvalue weighted by atomic mass is 9.93. The molecule has 4 rings (SSSR count). The van der Waals surface area contributed by atoms with E-state index in [1.807, 2.05) is 12.1 Å². The van der Waals surface area contributed by atoms with Crippen molar-refractivity contribution in [3.63, 3.8) is 0 Å². The van der Waals surface area contributed by atoms with Crippen LogP contribution >= 0.6 is 0 Å². The number of fused-ring (bicyclic) bond motifs is 1. The first-order valence-corrected chi connectivity index (χ1v) is 9.94. The minimum absolute atomic E-state index is 0.134. The molecule has 2 aliphatic rings. The molecule has 0 aliphatic carbocycles. The largest absolute Gasteiger partial charge is 0.299 e. The molecule has 2 heterocycles. The van der Waals surface area contributed by atoms with Gasteiger partial charge in [-0.2, -0.15) is 0 Å². The third-order valence-corrected chi connectivity index (χ3v) is 5.72. The smallest absolute Gasteiger partial charge is 0.261 e. The second-order valence-electron chi connectivity index (χ2n) is 7.68. The number of piperidine rings is 1. The zero-order valence-corrected chi connectivity index (χ0v) is 15.6. The van der Waals surface area contributed by atoms with Crippen LogP contribution in [0.15, 0.2) is 54.6 Å². The number of likely N-dealkylation sites (tertiary alicyclic amines) is 1. The van der Waals surface area contributed by atoms with E-state index < -0.39 is 0 Å². The van der Waals surface area contributed by atoms with Gasteiger partial charge in [0.25, 0.3) is 11.8 Å². The van der Waals surface area contributed by atoms with Crippen molar-refractivity contribution < 1.29 is 9.59 Å². The molecule has 0 aromatic heterocycles. The maximum Gasteiger partial charge on any atom is 0.261 e. The summed E-state index contributed by atoms with van der Waals surface area (Å²) in [6.07, 6.45) is 4.42. The summed E-state index contributed by atoms with van der Waals surface area (Å²) in [7, 11) is 0. The second kappa shape index (κ2) is 8.05. The normalized spacial score (nSPS) is 20.1. The van der Waals surface area contributed by atoms with Crippen molar-refractivity contribution in [2.45, 2.75) is 32.2 Å². The van der Waals surface area contributed by atoms with E-state index in [4.69, 9.17) is 0 Å². The van der Waals surface area contributed by atoms with Gasteiger partial charge in [0.1, 0.15) is 0 Å². The molecule has 1 saturated heterocycles. The Morgan fingerprint density at radius 3 is 2.26 bits per heavy atom. The molecular weight excluding hydrogens is 336 g/mol. The van der Waals surface area contributed by atoms with Crippen LogP contribution in [-0.2, 0) is 6.54 Å². The predicted octanol–water partition coefficient (Wildman–Crippen LogP) is 3.98. The number of imide groups is 1. The number of benzene rings is 2. The number of carbonyl (C=O) groups excluding carboxylic acids is 2. The molecule has 0 bridgehead atoms. The minimum atomic E-state index is -0.134. The Hall–Kier alpha value is -2.46. The Morgan fingerprint density at radius 2 is 1.56 bits per heavy atom. The van der Waals surface area contributed by atoms with Crippen LogP contribution in [0.5, 0.6) is 0 Å². The van der Waals surface area contributed by atoms with E-state index in [9.17, 15) is 9.59 Å². The highest BCUT2D eigenvalue weighted by Crippen LogP contribution is 2.25. The third kappa shape index (κ3) is 3.96. The SMILES string of the molecule is O=C1c2ccccc2C(=O)N1CCCC1CCCN(Cc2ccccc2)C1. The highest BCUT2D eigenvalue weighted by Gasteiger charge is 2.34. The standard InChI is InChI=1S/C23H26N2O2/c26-22-20-12-4-5-13-21(20)23(27)25(22)15-7-11-19-10-6-14-24(17-19)16-18-8-2-1-3-9-18/h1-5,8-9,12-13,19H,6-7,10-11,14-17H2. The molecule has 2 aliphatic heterocycles. The topological polar surface area (TPSA) is 40.6 Å². The highest BCUT2D eigenvalue weighted by atomic mass is 16.2. The zero-order valence-electron chi connectivity index (χ0n) is 15.6. The molecule has 1 unspecified atom stereocenters. The molecule has 2 aromatic rings. The molecule has 4 nitrogen and oxygen atoms in total. The number of nitrogens with zero attached hydrogens (tertiary/aromatic N) is 2. The number of amides is 2. The van der Waals surface area contributed by atoms with Gasteiger partial charge >= 0.3 is 0 Å². The fourth-order valence-electron chi connectivity index (χ4n) is 4.35.